The van der Waals surface area contributed by atoms with Crippen LogP contribution in [0.5, 0.6) is 0 Å². The number of carbonyl (C=O) groups excluding carboxylic acids is 1. The molecular weight excluding hydrogens is 230 g/mol. The first-order valence-electron chi connectivity index (χ1n) is 6.08. The van der Waals surface area contributed by atoms with Gasteiger partial charge in [0, 0.05) is 19.8 Å². The average Bonchev–Trinajstić information content (AvgIpc) is 2.36. The molecule has 18 heavy (non-hydrogen) atoms. The maximum Gasteiger partial charge on any atom is 0.242 e. The van der Waals surface area contributed by atoms with Gasteiger partial charge in [0.2, 0.25) is 11.9 Å². The molecule has 1 amide bonds. The Labute approximate surface area is 108 Å². The number of hydrogen-bond donors (Lipinski definition) is 3. The lowest BCUT2D eigenvalue weighted by atomic mass is 10.2. The summed E-state index contributed by atoms with van der Waals surface area (Å²) in [7, 11) is 1.75. The predicted octanol–water partition coefficient (Wildman–Crippen LogP) is 1.09. The summed E-state index contributed by atoms with van der Waals surface area (Å²) >= 11 is 0. The summed E-state index contributed by atoms with van der Waals surface area (Å²) in [5.74, 6) is 1.56. The maximum atomic E-state index is 11.8. The minimum absolute atomic E-state index is 0.0340. The summed E-state index contributed by atoms with van der Waals surface area (Å²) in [5.41, 5.74) is 0. The Morgan fingerprint density at radius 1 is 1.39 bits per heavy atom. The number of carbonyl (C=O) groups is 1. The molecule has 0 saturated carbocycles. The van der Waals surface area contributed by atoms with Crippen LogP contribution < -0.4 is 16.0 Å². The zero-order valence-corrected chi connectivity index (χ0v) is 11.3. The molecule has 0 aliphatic rings. The van der Waals surface area contributed by atoms with E-state index in [0.717, 1.165) is 0 Å². The summed E-state index contributed by atoms with van der Waals surface area (Å²) in [5, 5.41) is 8.75. The minimum atomic E-state index is -0.330. The fourth-order valence-electron chi connectivity index (χ4n) is 1.30. The largest absolute Gasteiger partial charge is 0.358 e. The van der Waals surface area contributed by atoms with Crippen molar-refractivity contribution in [2.75, 3.05) is 24.2 Å². The fourth-order valence-corrected chi connectivity index (χ4v) is 1.30. The van der Waals surface area contributed by atoms with E-state index in [1.165, 1.54) is 0 Å². The van der Waals surface area contributed by atoms with Crippen molar-refractivity contribution in [2.24, 2.45) is 5.92 Å². The smallest absolute Gasteiger partial charge is 0.242 e. The van der Waals surface area contributed by atoms with Gasteiger partial charge < -0.3 is 16.0 Å². The summed E-state index contributed by atoms with van der Waals surface area (Å²) in [6.45, 7) is 6.59. The maximum absolute atomic E-state index is 11.8. The zero-order valence-electron chi connectivity index (χ0n) is 11.3. The van der Waals surface area contributed by atoms with E-state index in [1.807, 2.05) is 0 Å². The first kappa shape index (κ1) is 14.2. The van der Waals surface area contributed by atoms with E-state index >= 15 is 0 Å². The molecule has 0 aliphatic carbocycles. The Hall–Kier alpha value is -1.85. The molecule has 0 fully saturated rings. The lowest BCUT2D eigenvalue weighted by molar-refractivity contribution is -0.121. The molecule has 100 valence electrons. The molecule has 0 saturated heterocycles. The molecule has 1 unspecified atom stereocenters. The molecular formula is C12H21N5O. The van der Waals surface area contributed by atoms with Crippen molar-refractivity contribution in [3.05, 3.63) is 12.3 Å². The highest BCUT2D eigenvalue weighted by atomic mass is 16.2. The molecule has 1 aromatic rings. The Morgan fingerprint density at radius 3 is 2.72 bits per heavy atom. The number of hydrogen-bond acceptors (Lipinski definition) is 5. The van der Waals surface area contributed by atoms with E-state index in [4.69, 9.17) is 0 Å². The molecule has 6 nitrogen and oxygen atoms in total. The highest BCUT2D eigenvalue weighted by Crippen LogP contribution is 2.06. The van der Waals surface area contributed by atoms with Crippen LogP contribution in [0.25, 0.3) is 0 Å². The van der Waals surface area contributed by atoms with Crippen LogP contribution in [-0.2, 0) is 4.79 Å². The highest BCUT2D eigenvalue weighted by Gasteiger charge is 2.13. The van der Waals surface area contributed by atoms with Crippen molar-refractivity contribution in [2.45, 2.75) is 26.8 Å². The van der Waals surface area contributed by atoms with Crippen LogP contribution in [0.4, 0.5) is 11.8 Å². The third-order valence-electron chi connectivity index (χ3n) is 2.32. The molecule has 3 N–H and O–H groups in total. The van der Waals surface area contributed by atoms with E-state index in [1.54, 1.807) is 26.2 Å². The van der Waals surface area contributed by atoms with Crippen LogP contribution in [0.15, 0.2) is 12.3 Å². The van der Waals surface area contributed by atoms with Crippen molar-refractivity contribution >= 4 is 17.7 Å². The van der Waals surface area contributed by atoms with Crippen LogP contribution in [0.1, 0.15) is 20.8 Å². The summed E-state index contributed by atoms with van der Waals surface area (Å²) in [6.07, 6.45) is 1.64. The standard InChI is InChI=1S/C12H21N5O/c1-8(2)7-15-11(18)9(3)16-10-5-6-14-12(13-4)17-10/h5-6,8-9H,7H2,1-4H3,(H,15,18)(H2,13,14,16,17). The summed E-state index contributed by atoms with van der Waals surface area (Å²) in [4.78, 5) is 20.0. The van der Waals surface area contributed by atoms with Gasteiger partial charge in [0.1, 0.15) is 11.9 Å². The molecule has 1 rings (SSSR count). The summed E-state index contributed by atoms with van der Waals surface area (Å²) in [6, 6.07) is 1.40. The molecule has 6 heteroatoms. The van der Waals surface area contributed by atoms with Gasteiger partial charge in [-0.05, 0) is 18.9 Å². The van der Waals surface area contributed by atoms with Crippen molar-refractivity contribution in [1.29, 1.82) is 0 Å². The van der Waals surface area contributed by atoms with Crippen LogP contribution >= 0.6 is 0 Å². The third-order valence-corrected chi connectivity index (χ3v) is 2.32. The predicted molar refractivity (Wildman–Crippen MR) is 72.5 cm³/mol. The molecule has 0 bridgehead atoms. The molecule has 1 aromatic heterocycles. The molecule has 0 spiro atoms. The monoisotopic (exact) mass is 251 g/mol. The van der Waals surface area contributed by atoms with Crippen LogP contribution in [-0.4, -0.2) is 35.5 Å². The fraction of sp³-hybridized carbons (Fsp3) is 0.583. The van der Waals surface area contributed by atoms with Gasteiger partial charge >= 0.3 is 0 Å². The van der Waals surface area contributed by atoms with E-state index in [-0.39, 0.29) is 11.9 Å². The first-order valence-corrected chi connectivity index (χ1v) is 6.08. The van der Waals surface area contributed by atoms with Gasteiger partial charge in [-0.25, -0.2) is 4.98 Å². The number of rotatable bonds is 6. The lowest BCUT2D eigenvalue weighted by Crippen LogP contribution is -2.39. The van der Waals surface area contributed by atoms with Crippen molar-refractivity contribution in [3.63, 3.8) is 0 Å². The van der Waals surface area contributed by atoms with Gasteiger partial charge in [-0.2, -0.15) is 4.98 Å². The number of amides is 1. The van der Waals surface area contributed by atoms with Crippen LogP contribution in [0.2, 0.25) is 0 Å². The Morgan fingerprint density at radius 2 is 2.11 bits per heavy atom. The third kappa shape index (κ3) is 4.57. The molecule has 0 aliphatic heterocycles. The highest BCUT2D eigenvalue weighted by molar-refractivity contribution is 5.83. The van der Waals surface area contributed by atoms with E-state index in [0.29, 0.717) is 24.2 Å². The van der Waals surface area contributed by atoms with Crippen molar-refractivity contribution in [3.8, 4) is 0 Å². The Balaban J connectivity index is 2.52. The quantitative estimate of drug-likeness (QED) is 0.705. The molecule has 1 atom stereocenters. The molecule has 0 radical (unpaired) electrons. The SMILES string of the molecule is CNc1nccc(NC(C)C(=O)NCC(C)C)n1. The normalized spacial score (nSPS) is 12.1. The number of nitrogens with zero attached hydrogens (tertiary/aromatic N) is 2. The molecule has 1 heterocycles. The zero-order chi connectivity index (χ0) is 13.5. The minimum Gasteiger partial charge on any atom is -0.358 e. The van der Waals surface area contributed by atoms with E-state index < -0.39 is 0 Å². The van der Waals surface area contributed by atoms with Gasteiger partial charge in [-0.3, -0.25) is 4.79 Å². The second kappa shape index (κ2) is 6.78. The van der Waals surface area contributed by atoms with E-state index in [9.17, 15) is 4.79 Å². The lowest BCUT2D eigenvalue weighted by Gasteiger charge is -2.15. The average molecular weight is 251 g/mol. The Bertz CT molecular complexity index is 394. The van der Waals surface area contributed by atoms with Gasteiger partial charge in [0.15, 0.2) is 0 Å². The number of anilines is 2. The second-order valence-electron chi connectivity index (χ2n) is 4.52. The topological polar surface area (TPSA) is 78.9 Å². The van der Waals surface area contributed by atoms with Gasteiger partial charge in [-0.15, -0.1) is 0 Å². The first-order chi connectivity index (χ1) is 8.52. The van der Waals surface area contributed by atoms with Gasteiger partial charge in [0.05, 0.1) is 0 Å². The second-order valence-corrected chi connectivity index (χ2v) is 4.52. The molecule has 0 aromatic carbocycles. The van der Waals surface area contributed by atoms with Gasteiger partial charge in [0.25, 0.3) is 0 Å². The van der Waals surface area contributed by atoms with Crippen LogP contribution in [0.3, 0.4) is 0 Å². The number of nitrogens with one attached hydrogen (secondary N) is 3. The van der Waals surface area contributed by atoms with E-state index in [2.05, 4.69) is 39.8 Å². The van der Waals surface area contributed by atoms with Crippen molar-refractivity contribution < 1.29 is 4.79 Å². The van der Waals surface area contributed by atoms with Gasteiger partial charge in [-0.1, -0.05) is 13.8 Å². The number of aromatic nitrogens is 2. The van der Waals surface area contributed by atoms with Crippen molar-refractivity contribution in [1.82, 2.24) is 15.3 Å². The van der Waals surface area contributed by atoms with Crippen LogP contribution in [0, 0.1) is 5.92 Å². The summed E-state index contributed by atoms with van der Waals surface area (Å²) < 4.78 is 0. The Kier molecular flexibility index (Phi) is 5.35.